The van der Waals surface area contributed by atoms with Gasteiger partial charge in [0.05, 0.1) is 4.91 Å². The Morgan fingerprint density at radius 3 is 2.82 bits per heavy atom. The number of aromatic hydroxyl groups is 1. The smallest absolute Gasteiger partial charge is 0.280 e. The zero-order valence-corrected chi connectivity index (χ0v) is 11.6. The molecule has 88 valence electrons. The van der Waals surface area contributed by atoms with Crippen molar-refractivity contribution in [3.63, 3.8) is 0 Å². The molecule has 1 aliphatic rings. The Hall–Kier alpha value is -0.890. The van der Waals surface area contributed by atoms with Crippen molar-refractivity contribution in [3.05, 3.63) is 33.1 Å². The van der Waals surface area contributed by atoms with E-state index in [1.807, 2.05) is 0 Å². The number of hydrogen-bond acceptors (Lipinski definition) is 5. The predicted molar refractivity (Wildman–Crippen MR) is 75.0 cm³/mol. The van der Waals surface area contributed by atoms with Crippen molar-refractivity contribution in [2.75, 3.05) is 0 Å². The summed E-state index contributed by atoms with van der Waals surface area (Å²) in [5.41, 5.74) is 0.693. The lowest BCUT2D eigenvalue weighted by Crippen LogP contribution is -2.34. The number of thioether (sulfide) groups is 1. The van der Waals surface area contributed by atoms with E-state index in [9.17, 15) is 9.90 Å². The third kappa shape index (κ3) is 2.52. The van der Waals surface area contributed by atoms with E-state index in [0.717, 1.165) is 21.2 Å². The predicted octanol–water partition coefficient (Wildman–Crippen LogP) is 2.23. The molecule has 0 unspecified atom stereocenters. The highest BCUT2D eigenvalue weighted by molar-refractivity contribution is 9.10. The summed E-state index contributed by atoms with van der Waals surface area (Å²) < 4.78 is 1.09. The molecule has 1 aromatic rings. The lowest BCUT2D eigenvalue weighted by Gasteiger charge is -2.03. The summed E-state index contributed by atoms with van der Waals surface area (Å²) in [4.78, 5) is 12.1. The molecule has 1 fully saturated rings. The average Bonchev–Trinajstić information content (AvgIpc) is 2.52. The van der Waals surface area contributed by atoms with E-state index in [-0.39, 0.29) is 11.7 Å². The van der Waals surface area contributed by atoms with Crippen LogP contribution in [-0.2, 0) is 4.79 Å². The van der Waals surface area contributed by atoms with Gasteiger partial charge in [0, 0.05) is 4.47 Å². The number of carbonyl (C=O) groups is 1. The number of hydrogen-bond donors (Lipinski definition) is 2. The van der Waals surface area contributed by atoms with Crippen molar-refractivity contribution in [2.24, 2.45) is 5.84 Å². The van der Waals surface area contributed by atoms with Crippen LogP contribution in [0.4, 0.5) is 0 Å². The number of phenols is 1. The first-order valence-corrected chi connectivity index (χ1v) is 6.52. The van der Waals surface area contributed by atoms with Crippen LogP contribution in [0.1, 0.15) is 5.56 Å². The Morgan fingerprint density at radius 1 is 1.53 bits per heavy atom. The van der Waals surface area contributed by atoms with Gasteiger partial charge in [-0.1, -0.05) is 39.9 Å². The number of hydrazine groups is 1. The highest BCUT2D eigenvalue weighted by Crippen LogP contribution is 2.32. The normalized spacial score (nSPS) is 18.2. The lowest BCUT2D eigenvalue weighted by atomic mass is 10.2. The summed E-state index contributed by atoms with van der Waals surface area (Å²) in [7, 11) is 0. The molecule has 0 radical (unpaired) electrons. The zero-order valence-electron chi connectivity index (χ0n) is 8.38. The first kappa shape index (κ1) is 12.6. The van der Waals surface area contributed by atoms with Crippen LogP contribution < -0.4 is 5.84 Å². The van der Waals surface area contributed by atoms with Gasteiger partial charge in [-0.15, -0.1) is 0 Å². The second-order valence-corrected chi connectivity index (χ2v) is 5.79. The second kappa shape index (κ2) is 4.77. The molecular formula is C10H7BrN2O2S2. The van der Waals surface area contributed by atoms with Crippen LogP contribution in [0.15, 0.2) is 27.6 Å². The standard InChI is InChI=1S/C10H7BrN2O2S2/c11-7-2-1-6(14)3-5(7)4-8-9(15)13(12)10(16)17-8/h1-4,14H,12H2. The Kier molecular flexibility index (Phi) is 3.53. The molecule has 0 aromatic heterocycles. The number of carbonyl (C=O) groups excluding carboxylic acids is 1. The van der Waals surface area contributed by atoms with Crippen LogP contribution in [0.25, 0.3) is 6.08 Å². The molecule has 0 atom stereocenters. The summed E-state index contributed by atoms with van der Waals surface area (Å²) in [6.45, 7) is 0. The average molecular weight is 331 g/mol. The first-order valence-electron chi connectivity index (χ1n) is 4.50. The number of thiocarbonyl (C=S) groups is 1. The molecule has 1 aromatic carbocycles. The topological polar surface area (TPSA) is 66.6 Å². The Balaban J connectivity index is 2.40. The molecule has 7 heteroatoms. The highest BCUT2D eigenvalue weighted by Gasteiger charge is 2.29. The molecule has 1 saturated heterocycles. The maximum atomic E-state index is 11.7. The number of phenolic OH excluding ortho intramolecular Hbond substituents is 1. The van der Waals surface area contributed by atoms with Gasteiger partial charge in [0.15, 0.2) is 4.32 Å². The molecule has 1 amide bonds. The second-order valence-electron chi connectivity index (χ2n) is 3.26. The van der Waals surface area contributed by atoms with Crippen LogP contribution in [0, 0.1) is 0 Å². The molecule has 0 bridgehead atoms. The van der Waals surface area contributed by atoms with Crippen molar-refractivity contribution in [1.82, 2.24) is 5.01 Å². The van der Waals surface area contributed by atoms with Gasteiger partial charge in [-0.2, -0.15) is 0 Å². The summed E-state index contributed by atoms with van der Waals surface area (Å²) in [5.74, 6) is 5.24. The fourth-order valence-electron chi connectivity index (χ4n) is 1.26. The van der Waals surface area contributed by atoms with E-state index in [4.69, 9.17) is 18.1 Å². The van der Waals surface area contributed by atoms with Gasteiger partial charge in [-0.05, 0) is 29.8 Å². The van der Waals surface area contributed by atoms with Gasteiger partial charge in [-0.3, -0.25) is 4.79 Å². The van der Waals surface area contributed by atoms with Gasteiger partial charge < -0.3 is 5.11 Å². The van der Waals surface area contributed by atoms with Gasteiger partial charge in [0.2, 0.25) is 0 Å². The van der Waals surface area contributed by atoms with Crippen LogP contribution in [0.3, 0.4) is 0 Å². The minimum atomic E-state index is -0.338. The van der Waals surface area contributed by atoms with Crippen LogP contribution in [-0.4, -0.2) is 20.3 Å². The van der Waals surface area contributed by atoms with E-state index in [2.05, 4.69) is 15.9 Å². The van der Waals surface area contributed by atoms with E-state index < -0.39 is 0 Å². The van der Waals surface area contributed by atoms with Gasteiger partial charge in [0.25, 0.3) is 5.91 Å². The largest absolute Gasteiger partial charge is 0.508 e. The quantitative estimate of drug-likeness (QED) is 0.358. The Bertz CT molecular complexity index is 545. The molecule has 0 spiro atoms. The number of amides is 1. The molecule has 0 aliphatic carbocycles. The summed E-state index contributed by atoms with van der Waals surface area (Å²) >= 11 is 9.38. The van der Waals surface area contributed by atoms with Crippen molar-refractivity contribution < 1.29 is 9.90 Å². The van der Waals surface area contributed by atoms with E-state index in [1.165, 1.54) is 0 Å². The maximum absolute atomic E-state index is 11.7. The van der Waals surface area contributed by atoms with Gasteiger partial charge in [0.1, 0.15) is 5.75 Å². The molecule has 0 saturated carbocycles. The minimum Gasteiger partial charge on any atom is -0.508 e. The molecule has 3 N–H and O–H groups in total. The lowest BCUT2D eigenvalue weighted by molar-refractivity contribution is -0.122. The van der Waals surface area contributed by atoms with Crippen molar-refractivity contribution in [3.8, 4) is 5.75 Å². The first-order chi connectivity index (χ1) is 7.99. The van der Waals surface area contributed by atoms with Gasteiger partial charge in [-0.25, -0.2) is 10.9 Å². The van der Waals surface area contributed by atoms with E-state index >= 15 is 0 Å². The summed E-state index contributed by atoms with van der Waals surface area (Å²) in [5, 5.41) is 10.3. The number of halogens is 1. The summed E-state index contributed by atoms with van der Waals surface area (Å²) in [6, 6.07) is 4.80. The molecule has 17 heavy (non-hydrogen) atoms. The minimum absolute atomic E-state index is 0.127. The van der Waals surface area contributed by atoms with Crippen molar-refractivity contribution in [2.45, 2.75) is 0 Å². The molecule has 1 aliphatic heterocycles. The van der Waals surface area contributed by atoms with Crippen LogP contribution >= 0.6 is 39.9 Å². The number of rotatable bonds is 1. The number of benzene rings is 1. The third-order valence-corrected chi connectivity index (χ3v) is 4.14. The van der Waals surface area contributed by atoms with E-state index in [0.29, 0.717) is 14.8 Å². The fourth-order valence-corrected chi connectivity index (χ4v) is 2.72. The third-order valence-electron chi connectivity index (χ3n) is 2.09. The Labute approximate surface area is 116 Å². The maximum Gasteiger partial charge on any atom is 0.280 e. The fraction of sp³-hybridized carbons (Fsp3) is 0. The number of nitrogens with zero attached hydrogens (tertiary/aromatic N) is 1. The molecular weight excluding hydrogens is 324 g/mol. The van der Waals surface area contributed by atoms with Crippen LogP contribution in [0.5, 0.6) is 5.75 Å². The molecule has 1 heterocycles. The monoisotopic (exact) mass is 330 g/mol. The van der Waals surface area contributed by atoms with Crippen molar-refractivity contribution in [1.29, 1.82) is 0 Å². The van der Waals surface area contributed by atoms with Crippen molar-refractivity contribution >= 4 is 56.2 Å². The SMILES string of the molecule is NN1C(=O)C(=Cc2cc(O)ccc2Br)SC1=S. The van der Waals surface area contributed by atoms with E-state index in [1.54, 1.807) is 24.3 Å². The molecule has 4 nitrogen and oxygen atoms in total. The highest BCUT2D eigenvalue weighted by atomic mass is 79.9. The van der Waals surface area contributed by atoms with Gasteiger partial charge >= 0.3 is 0 Å². The summed E-state index contributed by atoms with van der Waals surface area (Å²) in [6.07, 6.45) is 1.63. The molecule has 2 rings (SSSR count). The number of nitrogens with two attached hydrogens (primary N) is 1. The van der Waals surface area contributed by atoms with Crippen LogP contribution in [0.2, 0.25) is 0 Å². The zero-order chi connectivity index (χ0) is 12.6. The Morgan fingerprint density at radius 2 is 2.24 bits per heavy atom.